The van der Waals surface area contributed by atoms with E-state index in [-0.39, 0.29) is 0 Å². The number of pyridine rings is 1. The van der Waals surface area contributed by atoms with Crippen LogP contribution in [0.3, 0.4) is 0 Å². The number of fused-ring (bicyclic) bond motifs is 1. The highest BCUT2D eigenvalue weighted by Gasteiger charge is 2.01. The Labute approximate surface area is 119 Å². The number of nitrogens with one attached hydrogen (secondary N) is 1. The van der Waals surface area contributed by atoms with Crippen molar-refractivity contribution in [1.29, 1.82) is 0 Å². The summed E-state index contributed by atoms with van der Waals surface area (Å²) in [6, 6.07) is 16.0. The summed E-state index contributed by atoms with van der Waals surface area (Å²) in [6.07, 6.45) is 1.72. The first-order valence-electron chi connectivity index (χ1n) is 5.89. The van der Waals surface area contributed by atoms with Crippen LogP contribution in [-0.2, 0) is 0 Å². The third-order valence-corrected chi connectivity index (χ3v) is 3.40. The van der Waals surface area contributed by atoms with Crippen LogP contribution in [-0.4, -0.2) is 4.98 Å². The van der Waals surface area contributed by atoms with E-state index in [0.29, 0.717) is 11.5 Å². The van der Waals surface area contributed by atoms with Gasteiger partial charge < -0.3 is 11.1 Å². The molecule has 0 amide bonds. The van der Waals surface area contributed by atoms with Gasteiger partial charge in [0.15, 0.2) is 5.82 Å². The zero-order valence-electron chi connectivity index (χ0n) is 10.1. The second-order valence-electron chi connectivity index (χ2n) is 4.27. The number of nitrogens with zero attached hydrogens (tertiary/aromatic N) is 1. The Morgan fingerprint density at radius 2 is 1.79 bits per heavy atom. The highest BCUT2D eigenvalue weighted by atomic mass is 79.9. The summed E-state index contributed by atoms with van der Waals surface area (Å²) in [5.41, 5.74) is 7.48. The molecule has 0 radical (unpaired) electrons. The fraction of sp³-hybridized carbons (Fsp3) is 0. The van der Waals surface area contributed by atoms with Gasteiger partial charge in [-0.2, -0.15) is 0 Å². The summed E-state index contributed by atoms with van der Waals surface area (Å²) in [6.45, 7) is 0. The molecular formula is C15H12BrN3. The molecule has 3 nitrogen and oxygen atoms in total. The second kappa shape index (κ2) is 4.90. The average molecular weight is 314 g/mol. The lowest BCUT2D eigenvalue weighted by Gasteiger charge is -2.09. The maximum absolute atomic E-state index is 5.87. The van der Waals surface area contributed by atoms with Crippen LogP contribution in [0.5, 0.6) is 0 Å². The largest absolute Gasteiger partial charge is 0.396 e. The molecule has 3 N–H and O–H groups in total. The molecule has 0 bridgehead atoms. The standard InChI is InChI=1S/C15H12BrN3/c16-12-5-3-11-9-13(6-4-10(11)8-12)19-15-14(17)2-1-7-18-15/h1-9H,17H2,(H,18,19). The van der Waals surface area contributed by atoms with Crippen molar-refractivity contribution in [2.24, 2.45) is 0 Å². The molecule has 0 spiro atoms. The predicted molar refractivity (Wildman–Crippen MR) is 83.6 cm³/mol. The molecular weight excluding hydrogens is 302 g/mol. The molecule has 1 aromatic heterocycles. The smallest absolute Gasteiger partial charge is 0.153 e. The van der Waals surface area contributed by atoms with Crippen LogP contribution < -0.4 is 11.1 Å². The molecule has 0 unspecified atom stereocenters. The van der Waals surface area contributed by atoms with E-state index < -0.39 is 0 Å². The molecule has 2 aromatic carbocycles. The van der Waals surface area contributed by atoms with Gasteiger partial charge in [0.2, 0.25) is 0 Å². The Morgan fingerprint density at radius 3 is 2.63 bits per heavy atom. The minimum Gasteiger partial charge on any atom is -0.396 e. The molecule has 4 heteroatoms. The SMILES string of the molecule is Nc1cccnc1Nc1ccc2cc(Br)ccc2c1. The van der Waals surface area contributed by atoms with Gasteiger partial charge >= 0.3 is 0 Å². The number of nitrogens with two attached hydrogens (primary N) is 1. The fourth-order valence-corrected chi connectivity index (χ4v) is 2.33. The van der Waals surface area contributed by atoms with E-state index in [9.17, 15) is 0 Å². The van der Waals surface area contributed by atoms with E-state index >= 15 is 0 Å². The molecule has 19 heavy (non-hydrogen) atoms. The summed E-state index contributed by atoms with van der Waals surface area (Å²) >= 11 is 3.47. The first-order chi connectivity index (χ1) is 9.22. The maximum atomic E-state index is 5.87. The first kappa shape index (κ1) is 12.0. The first-order valence-corrected chi connectivity index (χ1v) is 6.68. The van der Waals surface area contributed by atoms with Crippen LogP contribution >= 0.6 is 15.9 Å². The van der Waals surface area contributed by atoms with E-state index in [1.165, 1.54) is 10.8 Å². The third-order valence-electron chi connectivity index (χ3n) is 2.90. The highest BCUT2D eigenvalue weighted by Crippen LogP contribution is 2.25. The summed E-state index contributed by atoms with van der Waals surface area (Å²) < 4.78 is 1.08. The van der Waals surface area contributed by atoms with E-state index in [0.717, 1.165) is 10.2 Å². The van der Waals surface area contributed by atoms with Gasteiger partial charge in [-0.15, -0.1) is 0 Å². The van der Waals surface area contributed by atoms with Gasteiger partial charge in [-0.1, -0.05) is 28.1 Å². The Hall–Kier alpha value is -2.07. The minimum atomic E-state index is 0.637. The van der Waals surface area contributed by atoms with Crippen LogP contribution in [0.2, 0.25) is 0 Å². The van der Waals surface area contributed by atoms with Crippen LogP contribution in [0.4, 0.5) is 17.2 Å². The maximum Gasteiger partial charge on any atom is 0.153 e. The number of rotatable bonds is 2. The van der Waals surface area contributed by atoms with Crippen molar-refractivity contribution in [3.63, 3.8) is 0 Å². The molecule has 1 heterocycles. The van der Waals surface area contributed by atoms with E-state index in [1.54, 1.807) is 6.20 Å². The normalized spacial score (nSPS) is 10.6. The number of aromatic nitrogens is 1. The van der Waals surface area contributed by atoms with Crippen LogP contribution in [0.25, 0.3) is 10.8 Å². The van der Waals surface area contributed by atoms with Gasteiger partial charge in [0.1, 0.15) is 0 Å². The average Bonchev–Trinajstić information content (AvgIpc) is 2.41. The predicted octanol–water partition coefficient (Wildman–Crippen LogP) is 4.32. The lowest BCUT2D eigenvalue weighted by molar-refractivity contribution is 1.31. The third kappa shape index (κ3) is 2.53. The number of nitrogen functional groups attached to an aromatic ring is 1. The Kier molecular flexibility index (Phi) is 3.09. The summed E-state index contributed by atoms with van der Waals surface area (Å²) in [5.74, 6) is 0.680. The van der Waals surface area contributed by atoms with Gasteiger partial charge in [-0.25, -0.2) is 4.98 Å². The molecule has 0 fully saturated rings. The van der Waals surface area contributed by atoms with Crippen LogP contribution in [0.15, 0.2) is 59.2 Å². The van der Waals surface area contributed by atoms with Crippen LogP contribution in [0, 0.1) is 0 Å². The summed E-state index contributed by atoms with van der Waals surface area (Å²) in [7, 11) is 0. The van der Waals surface area contributed by atoms with E-state index in [1.807, 2.05) is 24.3 Å². The minimum absolute atomic E-state index is 0.637. The Balaban J connectivity index is 1.98. The molecule has 3 aromatic rings. The summed E-state index contributed by atoms with van der Waals surface area (Å²) in [4.78, 5) is 4.22. The van der Waals surface area contributed by atoms with E-state index in [2.05, 4.69) is 50.5 Å². The summed E-state index contributed by atoms with van der Waals surface area (Å²) in [5, 5.41) is 5.59. The molecule has 3 rings (SSSR count). The van der Waals surface area contributed by atoms with Crippen molar-refractivity contribution in [2.45, 2.75) is 0 Å². The molecule has 0 saturated heterocycles. The van der Waals surface area contributed by atoms with Crippen molar-refractivity contribution < 1.29 is 0 Å². The van der Waals surface area contributed by atoms with Crippen molar-refractivity contribution in [3.05, 3.63) is 59.2 Å². The van der Waals surface area contributed by atoms with Gasteiger partial charge in [0, 0.05) is 16.4 Å². The van der Waals surface area contributed by atoms with Gasteiger partial charge in [-0.3, -0.25) is 0 Å². The number of anilines is 3. The van der Waals surface area contributed by atoms with Gasteiger partial charge in [-0.05, 0) is 47.2 Å². The zero-order valence-corrected chi connectivity index (χ0v) is 11.7. The lowest BCUT2D eigenvalue weighted by atomic mass is 10.1. The monoisotopic (exact) mass is 313 g/mol. The Morgan fingerprint density at radius 1 is 1.00 bits per heavy atom. The fourth-order valence-electron chi connectivity index (χ4n) is 1.95. The zero-order chi connectivity index (χ0) is 13.2. The topological polar surface area (TPSA) is 50.9 Å². The van der Waals surface area contributed by atoms with Crippen molar-refractivity contribution in [2.75, 3.05) is 11.1 Å². The van der Waals surface area contributed by atoms with Gasteiger partial charge in [0.05, 0.1) is 5.69 Å². The van der Waals surface area contributed by atoms with Crippen molar-refractivity contribution in [1.82, 2.24) is 4.98 Å². The van der Waals surface area contributed by atoms with Gasteiger partial charge in [0.25, 0.3) is 0 Å². The molecule has 0 aliphatic heterocycles. The Bertz CT molecular complexity index is 740. The van der Waals surface area contributed by atoms with Crippen molar-refractivity contribution in [3.8, 4) is 0 Å². The van der Waals surface area contributed by atoms with E-state index in [4.69, 9.17) is 5.73 Å². The highest BCUT2D eigenvalue weighted by molar-refractivity contribution is 9.10. The number of hydrogen-bond donors (Lipinski definition) is 2. The number of halogens is 1. The molecule has 94 valence electrons. The molecule has 0 saturated carbocycles. The molecule has 0 aliphatic carbocycles. The number of hydrogen-bond acceptors (Lipinski definition) is 3. The number of benzene rings is 2. The quantitative estimate of drug-likeness (QED) is 0.740. The second-order valence-corrected chi connectivity index (χ2v) is 5.19. The van der Waals surface area contributed by atoms with Crippen molar-refractivity contribution >= 4 is 43.9 Å². The lowest BCUT2D eigenvalue weighted by Crippen LogP contribution is -1.98. The molecule has 0 atom stereocenters. The van der Waals surface area contributed by atoms with Crippen LogP contribution in [0.1, 0.15) is 0 Å². The molecule has 0 aliphatic rings.